The molecular formula is C16H24N4O3. The average molecular weight is 320 g/mol. The number of aromatic nitrogens is 2. The van der Waals surface area contributed by atoms with Gasteiger partial charge in [0.2, 0.25) is 5.91 Å². The Balaban J connectivity index is 1.83. The number of aryl methyl sites for hydroxylation is 1. The molecule has 0 bridgehead atoms. The Kier molecular flexibility index (Phi) is 6.46. The van der Waals surface area contributed by atoms with Crippen LogP contribution in [0.5, 0.6) is 0 Å². The predicted octanol–water partition coefficient (Wildman–Crippen LogP) is 0.932. The molecule has 2 amide bonds. The predicted molar refractivity (Wildman–Crippen MR) is 84.9 cm³/mol. The number of ether oxygens (including phenoxy) is 1. The van der Waals surface area contributed by atoms with Crippen molar-refractivity contribution in [2.24, 2.45) is 0 Å². The first-order chi connectivity index (χ1) is 11.1. The van der Waals surface area contributed by atoms with Crippen molar-refractivity contribution in [2.45, 2.75) is 38.6 Å². The number of rotatable bonds is 9. The van der Waals surface area contributed by atoms with Gasteiger partial charge in [0.15, 0.2) is 0 Å². The summed E-state index contributed by atoms with van der Waals surface area (Å²) in [6, 6.07) is 0.229. The highest BCUT2D eigenvalue weighted by Gasteiger charge is 2.33. The van der Waals surface area contributed by atoms with Gasteiger partial charge in [-0.25, -0.2) is 4.98 Å². The van der Waals surface area contributed by atoms with Crippen LogP contribution in [0.4, 0.5) is 0 Å². The van der Waals surface area contributed by atoms with E-state index in [0.29, 0.717) is 31.8 Å². The summed E-state index contributed by atoms with van der Waals surface area (Å²) in [5, 5.41) is 2.83. The van der Waals surface area contributed by atoms with Crippen molar-refractivity contribution >= 4 is 11.8 Å². The smallest absolute Gasteiger partial charge is 0.274 e. The van der Waals surface area contributed by atoms with Crippen molar-refractivity contribution in [3.8, 4) is 0 Å². The molecule has 0 saturated heterocycles. The molecule has 0 aliphatic heterocycles. The molecule has 0 aromatic carbocycles. The van der Waals surface area contributed by atoms with E-state index in [4.69, 9.17) is 4.74 Å². The van der Waals surface area contributed by atoms with E-state index in [-0.39, 0.29) is 17.9 Å². The molecule has 1 saturated carbocycles. The van der Waals surface area contributed by atoms with Gasteiger partial charge in [0.1, 0.15) is 5.69 Å². The molecule has 7 heteroatoms. The number of hydrogen-bond donors (Lipinski definition) is 1. The summed E-state index contributed by atoms with van der Waals surface area (Å²) in [4.78, 5) is 34.4. The zero-order valence-electron chi connectivity index (χ0n) is 13.7. The minimum Gasteiger partial charge on any atom is -0.385 e. The van der Waals surface area contributed by atoms with Gasteiger partial charge in [-0.1, -0.05) is 0 Å². The van der Waals surface area contributed by atoms with E-state index < -0.39 is 0 Å². The molecule has 126 valence electrons. The molecule has 23 heavy (non-hydrogen) atoms. The molecule has 1 aliphatic carbocycles. The molecule has 0 unspecified atom stereocenters. The first kappa shape index (κ1) is 17.3. The molecule has 1 heterocycles. The minimum atomic E-state index is -0.146. The van der Waals surface area contributed by atoms with E-state index in [1.54, 1.807) is 18.2 Å². The third-order valence-corrected chi connectivity index (χ3v) is 3.68. The van der Waals surface area contributed by atoms with Crippen molar-refractivity contribution in [3.63, 3.8) is 0 Å². The van der Waals surface area contributed by atoms with Gasteiger partial charge in [-0.3, -0.25) is 14.6 Å². The maximum Gasteiger partial charge on any atom is 0.274 e. The topological polar surface area (TPSA) is 84.4 Å². The summed E-state index contributed by atoms with van der Waals surface area (Å²) in [6.07, 6.45) is 6.14. The van der Waals surface area contributed by atoms with Gasteiger partial charge in [0.05, 0.1) is 11.9 Å². The molecule has 1 aromatic heterocycles. The standard InChI is InChI=1S/C16H24N4O3/c1-12-10-19-14(11-18-12)16(22)20(13-4-5-13)8-6-15(21)17-7-3-9-23-2/h10-11,13H,3-9H2,1-2H3,(H,17,21). The summed E-state index contributed by atoms with van der Waals surface area (Å²) in [5.74, 6) is -0.193. The number of carbonyl (C=O) groups is 2. The molecule has 7 nitrogen and oxygen atoms in total. The lowest BCUT2D eigenvalue weighted by atomic mass is 10.3. The summed E-state index contributed by atoms with van der Waals surface area (Å²) >= 11 is 0. The Morgan fingerprint density at radius 3 is 2.74 bits per heavy atom. The normalized spacial score (nSPS) is 13.7. The van der Waals surface area contributed by atoms with E-state index >= 15 is 0 Å². The Labute approximate surface area is 136 Å². The highest BCUT2D eigenvalue weighted by Crippen LogP contribution is 2.28. The summed E-state index contributed by atoms with van der Waals surface area (Å²) < 4.78 is 4.93. The molecule has 2 rings (SSSR count). The zero-order chi connectivity index (χ0) is 16.7. The summed E-state index contributed by atoms with van der Waals surface area (Å²) in [5.41, 5.74) is 1.11. The molecule has 1 aliphatic rings. The number of nitrogens with one attached hydrogen (secondary N) is 1. The second-order valence-electron chi connectivity index (χ2n) is 5.72. The van der Waals surface area contributed by atoms with Crippen LogP contribution in [0.1, 0.15) is 41.9 Å². The van der Waals surface area contributed by atoms with Gasteiger partial charge >= 0.3 is 0 Å². The fourth-order valence-corrected chi connectivity index (χ4v) is 2.24. The molecule has 0 radical (unpaired) electrons. The SMILES string of the molecule is COCCCNC(=O)CCN(C(=O)c1cnc(C)cn1)C1CC1. The molecule has 1 aromatic rings. The first-order valence-corrected chi connectivity index (χ1v) is 7.97. The van der Waals surface area contributed by atoms with E-state index in [2.05, 4.69) is 15.3 Å². The first-order valence-electron chi connectivity index (χ1n) is 7.97. The van der Waals surface area contributed by atoms with Crippen LogP contribution in [0.15, 0.2) is 12.4 Å². The van der Waals surface area contributed by atoms with E-state index in [1.165, 1.54) is 6.20 Å². The number of methoxy groups -OCH3 is 1. The van der Waals surface area contributed by atoms with Crippen molar-refractivity contribution in [1.29, 1.82) is 0 Å². The fraction of sp³-hybridized carbons (Fsp3) is 0.625. The average Bonchev–Trinajstić information content (AvgIpc) is 3.37. The van der Waals surface area contributed by atoms with Crippen LogP contribution in [-0.4, -0.2) is 59.5 Å². The third kappa shape index (κ3) is 5.59. The maximum absolute atomic E-state index is 12.5. The van der Waals surface area contributed by atoms with Gasteiger partial charge < -0.3 is 15.0 Å². The minimum absolute atomic E-state index is 0.0467. The maximum atomic E-state index is 12.5. The Morgan fingerprint density at radius 1 is 1.35 bits per heavy atom. The lowest BCUT2D eigenvalue weighted by Gasteiger charge is -2.21. The zero-order valence-corrected chi connectivity index (χ0v) is 13.7. The highest BCUT2D eigenvalue weighted by molar-refractivity contribution is 5.92. The highest BCUT2D eigenvalue weighted by atomic mass is 16.5. The fourth-order valence-electron chi connectivity index (χ4n) is 2.24. The van der Waals surface area contributed by atoms with Crippen LogP contribution in [-0.2, 0) is 9.53 Å². The van der Waals surface area contributed by atoms with Crippen molar-refractivity contribution in [1.82, 2.24) is 20.2 Å². The van der Waals surface area contributed by atoms with Gasteiger partial charge in [-0.15, -0.1) is 0 Å². The lowest BCUT2D eigenvalue weighted by Crippen LogP contribution is -2.37. The molecule has 0 atom stereocenters. The number of carbonyl (C=O) groups excluding carboxylic acids is 2. The van der Waals surface area contributed by atoms with Crippen molar-refractivity contribution in [2.75, 3.05) is 26.8 Å². The van der Waals surface area contributed by atoms with E-state index in [0.717, 1.165) is 25.0 Å². The molecular weight excluding hydrogens is 296 g/mol. The van der Waals surface area contributed by atoms with Crippen LogP contribution in [0, 0.1) is 6.92 Å². The summed E-state index contributed by atoms with van der Waals surface area (Å²) in [6.45, 7) is 3.45. The van der Waals surface area contributed by atoms with E-state index in [9.17, 15) is 9.59 Å². The number of nitrogens with zero attached hydrogens (tertiary/aromatic N) is 3. The van der Waals surface area contributed by atoms with Gasteiger partial charge in [-0.05, 0) is 26.2 Å². The van der Waals surface area contributed by atoms with Crippen LogP contribution < -0.4 is 5.32 Å². The van der Waals surface area contributed by atoms with Gasteiger partial charge in [0.25, 0.3) is 5.91 Å². The third-order valence-electron chi connectivity index (χ3n) is 3.68. The van der Waals surface area contributed by atoms with Crippen LogP contribution in [0.25, 0.3) is 0 Å². The van der Waals surface area contributed by atoms with Crippen LogP contribution in [0.3, 0.4) is 0 Å². The van der Waals surface area contributed by atoms with Crippen LogP contribution in [0.2, 0.25) is 0 Å². The Bertz CT molecular complexity index is 529. The van der Waals surface area contributed by atoms with Gasteiger partial charge in [-0.2, -0.15) is 0 Å². The number of amides is 2. The van der Waals surface area contributed by atoms with Gasteiger partial charge in [0, 0.05) is 45.5 Å². The quantitative estimate of drug-likeness (QED) is 0.684. The lowest BCUT2D eigenvalue weighted by molar-refractivity contribution is -0.121. The second-order valence-corrected chi connectivity index (χ2v) is 5.72. The van der Waals surface area contributed by atoms with Crippen LogP contribution >= 0.6 is 0 Å². The summed E-state index contributed by atoms with van der Waals surface area (Å²) in [7, 11) is 1.63. The van der Waals surface area contributed by atoms with E-state index in [1.807, 2.05) is 6.92 Å². The Hall–Kier alpha value is -2.02. The molecule has 0 spiro atoms. The largest absolute Gasteiger partial charge is 0.385 e. The molecule has 1 fully saturated rings. The van der Waals surface area contributed by atoms with Crippen molar-refractivity contribution < 1.29 is 14.3 Å². The van der Waals surface area contributed by atoms with Crippen molar-refractivity contribution in [3.05, 3.63) is 23.8 Å². The monoisotopic (exact) mass is 320 g/mol. The second kappa shape index (κ2) is 8.57. The number of hydrogen-bond acceptors (Lipinski definition) is 5. The molecule has 1 N–H and O–H groups in total. The Morgan fingerprint density at radius 2 is 2.13 bits per heavy atom.